The van der Waals surface area contributed by atoms with Crippen LogP contribution in [0.3, 0.4) is 0 Å². The van der Waals surface area contributed by atoms with Gasteiger partial charge in [0.1, 0.15) is 23.1 Å². The zero-order chi connectivity index (χ0) is 23.9. The maximum Gasteiger partial charge on any atom is 0.294 e. The summed E-state index contributed by atoms with van der Waals surface area (Å²) in [4.78, 5) is 27.5. The van der Waals surface area contributed by atoms with Crippen LogP contribution in [0.25, 0.3) is 11.3 Å². The summed E-state index contributed by atoms with van der Waals surface area (Å²) in [6.45, 7) is 5.20. The zero-order valence-corrected chi connectivity index (χ0v) is 18.8. The molecule has 1 aromatic heterocycles. The lowest BCUT2D eigenvalue weighted by Crippen LogP contribution is -2.31. The molecule has 0 saturated heterocycles. The maximum atomic E-state index is 14.3. The third-order valence-electron chi connectivity index (χ3n) is 5.65. The molecule has 0 aliphatic carbocycles. The minimum atomic E-state index is -1.05. The number of hydrogen-bond acceptors (Lipinski definition) is 5. The number of nitrogens with zero attached hydrogens (tertiary/aromatic N) is 1. The lowest BCUT2D eigenvalue weighted by Gasteiger charge is -2.28. The summed E-state index contributed by atoms with van der Waals surface area (Å²) in [5.74, 6) is -1.08. The largest absolute Gasteiger partial charge is 0.503 e. The molecule has 170 valence electrons. The van der Waals surface area contributed by atoms with Gasteiger partial charge in [-0.3, -0.25) is 14.5 Å². The van der Waals surface area contributed by atoms with Crippen molar-refractivity contribution in [3.8, 4) is 17.1 Å². The number of Topliss-reactive ketones (excluding diaryl/α,β-unsaturated/α-hetero) is 1. The van der Waals surface area contributed by atoms with Crippen molar-refractivity contribution in [1.29, 1.82) is 0 Å². The van der Waals surface area contributed by atoms with Gasteiger partial charge in [-0.15, -0.1) is 0 Å². The number of furan rings is 1. The Balaban J connectivity index is 1.85. The van der Waals surface area contributed by atoms with E-state index in [1.54, 1.807) is 38.1 Å². The number of rotatable bonds is 6. The van der Waals surface area contributed by atoms with Crippen LogP contribution in [0.2, 0.25) is 0 Å². The molecule has 2 aromatic carbocycles. The molecule has 1 aliphatic rings. The van der Waals surface area contributed by atoms with Gasteiger partial charge in [0.15, 0.2) is 11.5 Å². The molecule has 0 saturated carbocycles. The van der Waals surface area contributed by atoms with Crippen molar-refractivity contribution < 1.29 is 28.2 Å². The van der Waals surface area contributed by atoms with Gasteiger partial charge in [0.05, 0.1) is 18.7 Å². The Bertz CT molecular complexity index is 1260. The molecule has 3 aromatic rings. The van der Waals surface area contributed by atoms with Gasteiger partial charge >= 0.3 is 0 Å². The SMILES string of the molecule is COc1ccc(F)cc1C1C(C(=O)C(C)C)=C(O)C(=O)N1c1ccc(-c2ccc(C)o2)cc1. The molecule has 33 heavy (non-hydrogen) atoms. The number of aliphatic hydroxyl groups is 1. The molecule has 7 heteroatoms. The Morgan fingerprint density at radius 3 is 2.39 bits per heavy atom. The zero-order valence-electron chi connectivity index (χ0n) is 18.8. The van der Waals surface area contributed by atoms with Crippen molar-refractivity contribution in [3.63, 3.8) is 0 Å². The van der Waals surface area contributed by atoms with E-state index in [1.165, 1.54) is 30.2 Å². The molecule has 6 nitrogen and oxygen atoms in total. The number of anilines is 1. The first kappa shape index (κ1) is 22.3. The number of amides is 1. The van der Waals surface area contributed by atoms with Gasteiger partial charge in [-0.25, -0.2) is 4.39 Å². The van der Waals surface area contributed by atoms with Crippen molar-refractivity contribution in [1.82, 2.24) is 0 Å². The van der Waals surface area contributed by atoms with E-state index in [9.17, 15) is 19.1 Å². The third-order valence-corrected chi connectivity index (χ3v) is 5.65. The molecular weight excluding hydrogens is 425 g/mol. The second kappa shape index (κ2) is 8.58. The molecule has 1 N–H and O–H groups in total. The normalized spacial score (nSPS) is 16.1. The lowest BCUT2D eigenvalue weighted by molar-refractivity contribution is -0.119. The van der Waals surface area contributed by atoms with Crippen LogP contribution in [0, 0.1) is 18.7 Å². The van der Waals surface area contributed by atoms with Crippen LogP contribution < -0.4 is 9.64 Å². The first-order chi connectivity index (χ1) is 15.7. The fraction of sp³-hybridized carbons (Fsp3) is 0.231. The standard InChI is InChI=1S/C26H24FNO5/c1-14(2)24(29)22-23(19-13-17(27)8-12-21(19)32-4)28(26(31)25(22)30)18-9-6-16(7-10-18)20-11-5-15(3)33-20/h5-14,23,30H,1-4H3. The van der Waals surface area contributed by atoms with Crippen molar-refractivity contribution in [3.05, 3.63) is 83.1 Å². The molecule has 2 heterocycles. The molecule has 1 unspecified atom stereocenters. The van der Waals surface area contributed by atoms with E-state index < -0.39 is 35.2 Å². The Morgan fingerprint density at radius 1 is 1.12 bits per heavy atom. The van der Waals surface area contributed by atoms with Gasteiger partial charge in [0.25, 0.3) is 5.91 Å². The number of aliphatic hydroxyl groups excluding tert-OH is 1. The lowest BCUT2D eigenvalue weighted by atomic mass is 9.90. The number of carbonyl (C=O) groups is 2. The molecule has 4 rings (SSSR count). The van der Waals surface area contributed by atoms with Crippen LogP contribution in [0.4, 0.5) is 10.1 Å². The minimum Gasteiger partial charge on any atom is -0.503 e. The fourth-order valence-corrected chi connectivity index (χ4v) is 4.02. The Labute approximate surface area is 190 Å². The van der Waals surface area contributed by atoms with E-state index in [2.05, 4.69) is 0 Å². The smallest absolute Gasteiger partial charge is 0.294 e. The number of ketones is 1. The van der Waals surface area contributed by atoms with Crippen LogP contribution in [0.15, 0.2) is 70.3 Å². The predicted molar refractivity (Wildman–Crippen MR) is 122 cm³/mol. The van der Waals surface area contributed by atoms with Crippen molar-refractivity contribution in [2.24, 2.45) is 5.92 Å². The van der Waals surface area contributed by atoms with Gasteiger partial charge in [-0.2, -0.15) is 0 Å². The summed E-state index contributed by atoms with van der Waals surface area (Å²) >= 11 is 0. The molecule has 1 aliphatic heterocycles. The number of hydrogen-bond donors (Lipinski definition) is 1. The second-order valence-electron chi connectivity index (χ2n) is 8.20. The van der Waals surface area contributed by atoms with Crippen LogP contribution in [-0.4, -0.2) is 23.9 Å². The fourth-order valence-electron chi connectivity index (χ4n) is 4.02. The van der Waals surface area contributed by atoms with Gasteiger partial charge in [-0.1, -0.05) is 13.8 Å². The van der Waals surface area contributed by atoms with Crippen molar-refractivity contribution in [2.75, 3.05) is 12.0 Å². The summed E-state index contributed by atoms with van der Waals surface area (Å²) in [6, 6.07) is 13.5. The maximum absolute atomic E-state index is 14.3. The minimum absolute atomic E-state index is 0.0790. The van der Waals surface area contributed by atoms with Gasteiger partial charge in [0.2, 0.25) is 0 Å². The quantitative estimate of drug-likeness (QED) is 0.535. The predicted octanol–water partition coefficient (Wildman–Crippen LogP) is 5.53. The van der Waals surface area contributed by atoms with E-state index in [0.717, 1.165) is 11.3 Å². The number of ether oxygens (including phenoxy) is 1. The number of methoxy groups -OCH3 is 1. The highest BCUT2D eigenvalue weighted by atomic mass is 19.1. The molecule has 0 bridgehead atoms. The molecule has 0 spiro atoms. The van der Waals surface area contributed by atoms with Crippen molar-refractivity contribution >= 4 is 17.4 Å². The van der Waals surface area contributed by atoms with Crippen LogP contribution >= 0.6 is 0 Å². The summed E-state index contributed by atoms with van der Waals surface area (Å²) in [5.41, 5.74) is 1.42. The van der Waals surface area contributed by atoms with E-state index in [-0.39, 0.29) is 11.1 Å². The average molecular weight is 449 g/mol. The molecular formula is C26H24FNO5. The Kier molecular flexibility index (Phi) is 5.80. The van der Waals surface area contributed by atoms with E-state index in [4.69, 9.17) is 9.15 Å². The molecule has 1 amide bonds. The summed E-state index contributed by atoms with van der Waals surface area (Å²) in [6.07, 6.45) is 0. The number of benzene rings is 2. The Hall–Kier alpha value is -3.87. The van der Waals surface area contributed by atoms with Crippen LogP contribution in [-0.2, 0) is 9.59 Å². The highest BCUT2D eigenvalue weighted by Crippen LogP contribution is 2.45. The Morgan fingerprint density at radius 2 is 1.82 bits per heavy atom. The number of aryl methyl sites for hydroxylation is 1. The van der Waals surface area contributed by atoms with E-state index >= 15 is 0 Å². The first-order valence-corrected chi connectivity index (χ1v) is 10.5. The highest BCUT2D eigenvalue weighted by molar-refractivity contribution is 6.17. The topological polar surface area (TPSA) is 80.0 Å². The highest BCUT2D eigenvalue weighted by Gasteiger charge is 2.46. The van der Waals surface area contributed by atoms with E-state index in [1.807, 2.05) is 19.1 Å². The molecule has 0 fully saturated rings. The monoisotopic (exact) mass is 449 g/mol. The van der Waals surface area contributed by atoms with Crippen molar-refractivity contribution in [2.45, 2.75) is 26.8 Å². The molecule has 0 radical (unpaired) electrons. The van der Waals surface area contributed by atoms with E-state index in [0.29, 0.717) is 17.2 Å². The number of halogens is 1. The first-order valence-electron chi connectivity index (χ1n) is 10.5. The van der Waals surface area contributed by atoms with Gasteiger partial charge in [-0.05, 0) is 61.5 Å². The summed E-state index contributed by atoms with van der Waals surface area (Å²) < 4.78 is 25.3. The van der Waals surface area contributed by atoms with Crippen LogP contribution in [0.1, 0.15) is 31.2 Å². The summed E-state index contributed by atoms with van der Waals surface area (Å²) in [5, 5.41) is 10.7. The van der Waals surface area contributed by atoms with Crippen LogP contribution in [0.5, 0.6) is 5.75 Å². The van der Waals surface area contributed by atoms with Gasteiger partial charge in [0, 0.05) is 22.7 Å². The third kappa shape index (κ3) is 3.91. The summed E-state index contributed by atoms with van der Waals surface area (Å²) in [7, 11) is 1.42. The number of carbonyl (C=O) groups excluding carboxylic acids is 2. The molecule has 1 atom stereocenters. The average Bonchev–Trinajstić information content (AvgIpc) is 3.34. The second-order valence-corrected chi connectivity index (χ2v) is 8.20. The van der Waals surface area contributed by atoms with Gasteiger partial charge < -0.3 is 14.3 Å².